The molecule has 0 bridgehead atoms. The van der Waals surface area contributed by atoms with Gasteiger partial charge in [0.25, 0.3) is 0 Å². The molecule has 0 aromatic heterocycles. The highest BCUT2D eigenvalue weighted by Crippen LogP contribution is 2.27. The average Bonchev–Trinajstić information content (AvgIpc) is 3.22. The topological polar surface area (TPSA) is 96.2 Å². The molecule has 1 fully saturated rings. The quantitative estimate of drug-likeness (QED) is 0.609. The van der Waals surface area contributed by atoms with Gasteiger partial charge in [-0.2, -0.15) is 0 Å². The van der Waals surface area contributed by atoms with E-state index < -0.39 is 6.03 Å². The van der Waals surface area contributed by atoms with Gasteiger partial charge in [-0.25, -0.2) is 4.79 Å². The Kier molecular flexibility index (Phi) is 6.98. The fourth-order valence-corrected chi connectivity index (χ4v) is 1.81. The number of carbonyl (C=O) groups is 2. The minimum Gasteiger partial charge on any atom is -0.352 e. The Morgan fingerprint density at radius 2 is 1.86 bits per heavy atom. The number of rotatable bonds is 7. The van der Waals surface area contributed by atoms with Crippen molar-refractivity contribution in [2.45, 2.75) is 19.4 Å². The molecule has 5 N–H and O–H groups in total. The first-order valence-corrected chi connectivity index (χ1v) is 6.76. The molecule has 21 heavy (non-hydrogen) atoms. The second-order valence-corrected chi connectivity index (χ2v) is 5.04. The maximum absolute atomic E-state index is 11.7. The molecule has 7 heteroatoms. The monoisotopic (exact) mass is 312 g/mol. The van der Waals surface area contributed by atoms with Gasteiger partial charge in [0.05, 0.1) is 6.54 Å². The average molecular weight is 313 g/mol. The number of hydrogen-bond acceptors (Lipinski definition) is 3. The van der Waals surface area contributed by atoms with Crippen LogP contribution >= 0.6 is 12.4 Å². The Morgan fingerprint density at radius 3 is 2.43 bits per heavy atom. The molecule has 116 valence electrons. The zero-order chi connectivity index (χ0) is 14.4. The van der Waals surface area contributed by atoms with Crippen molar-refractivity contribution in [2.75, 3.05) is 18.4 Å². The fraction of sp³-hybridized carbons (Fsp3) is 0.429. The summed E-state index contributed by atoms with van der Waals surface area (Å²) in [6, 6.07) is 6.73. The molecule has 6 nitrogen and oxygen atoms in total. The summed E-state index contributed by atoms with van der Waals surface area (Å²) in [6.07, 6.45) is 2.55. The predicted molar refractivity (Wildman–Crippen MR) is 84.3 cm³/mol. The van der Waals surface area contributed by atoms with Crippen LogP contribution in [0.3, 0.4) is 0 Å². The van der Waals surface area contributed by atoms with Crippen LogP contribution < -0.4 is 21.7 Å². The molecule has 1 aliphatic rings. The van der Waals surface area contributed by atoms with Gasteiger partial charge >= 0.3 is 6.03 Å². The highest BCUT2D eigenvalue weighted by atomic mass is 35.5. The van der Waals surface area contributed by atoms with Gasteiger partial charge in [-0.15, -0.1) is 12.4 Å². The standard InChI is InChI=1S/C14H20N4O2.ClH/c15-14(20)17-8-11-3-5-12(6-4-11)18-13(19)9-16-7-10-1-2-10;/h3-6,10,16H,1-2,7-9H2,(H,18,19)(H3,15,17,20);1H. The van der Waals surface area contributed by atoms with E-state index in [2.05, 4.69) is 16.0 Å². The van der Waals surface area contributed by atoms with Crippen molar-refractivity contribution in [3.8, 4) is 0 Å². The van der Waals surface area contributed by atoms with Crippen LogP contribution in [0.4, 0.5) is 10.5 Å². The first-order valence-electron chi connectivity index (χ1n) is 6.76. The van der Waals surface area contributed by atoms with Gasteiger partial charge in [-0.3, -0.25) is 4.79 Å². The summed E-state index contributed by atoms with van der Waals surface area (Å²) in [5.41, 5.74) is 6.66. The maximum atomic E-state index is 11.7. The van der Waals surface area contributed by atoms with Crippen LogP contribution in [0.5, 0.6) is 0 Å². The van der Waals surface area contributed by atoms with Gasteiger partial charge in [0.15, 0.2) is 0 Å². The zero-order valence-corrected chi connectivity index (χ0v) is 12.5. The minimum atomic E-state index is -0.552. The van der Waals surface area contributed by atoms with Gasteiger partial charge in [0.2, 0.25) is 5.91 Å². The van der Waals surface area contributed by atoms with Crippen molar-refractivity contribution in [1.82, 2.24) is 10.6 Å². The lowest BCUT2D eigenvalue weighted by atomic mass is 10.2. The number of hydrogen-bond donors (Lipinski definition) is 4. The van der Waals surface area contributed by atoms with Crippen molar-refractivity contribution in [1.29, 1.82) is 0 Å². The minimum absolute atomic E-state index is 0. The highest BCUT2D eigenvalue weighted by molar-refractivity contribution is 5.92. The summed E-state index contributed by atoms with van der Waals surface area (Å²) >= 11 is 0. The van der Waals surface area contributed by atoms with Crippen LogP contribution in [0.1, 0.15) is 18.4 Å². The lowest BCUT2D eigenvalue weighted by molar-refractivity contribution is -0.115. The second-order valence-electron chi connectivity index (χ2n) is 5.04. The molecule has 1 aliphatic carbocycles. The lowest BCUT2D eigenvalue weighted by Gasteiger charge is -2.07. The largest absolute Gasteiger partial charge is 0.352 e. The molecule has 0 radical (unpaired) electrons. The zero-order valence-electron chi connectivity index (χ0n) is 11.7. The number of nitrogens with one attached hydrogen (secondary N) is 3. The molecule has 0 aliphatic heterocycles. The number of anilines is 1. The predicted octanol–water partition coefficient (Wildman–Crippen LogP) is 1.21. The number of urea groups is 1. The van der Waals surface area contributed by atoms with E-state index in [9.17, 15) is 9.59 Å². The molecule has 1 aromatic rings. The molecule has 0 unspecified atom stereocenters. The molecule has 3 amide bonds. The lowest BCUT2D eigenvalue weighted by Crippen LogP contribution is -2.29. The second kappa shape index (κ2) is 8.49. The number of nitrogens with two attached hydrogens (primary N) is 1. The third kappa shape index (κ3) is 6.97. The van der Waals surface area contributed by atoms with Crippen molar-refractivity contribution in [3.63, 3.8) is 0 Å². The third-order valence-corrected chi connectivity index (χ3v) is 3.12. The van der Waals surface area contributed by atoms with E-state index in [-0.39, 0.29) is 18.3 Å². The smallest absolute Gasteiger partial charge is 0.312 e. The first kappa shape index (κ1) is 17.3. The number of amides is 3. The number of benzene rings is 1. The summed E-state index contributed by atoms with van der Waals surface area (Å²) in [6.45, 7) is 1.64. The van der Waals surface area contributed by atoms with Gasteiger partial charge in [-0.05, 0) is 43.0 Å². The van der Waals surface area contributed by atoms with Gasteiger partial charge in [0, 0.05) is 12.2 Å². The maximum Gasteiger partial charge on any atom is 0.312 e. The molecular formula is C14H21ClN4O2. The van der Waals surface area contributed by atoms with E-state index in [1.54, 1.807) is 12.1 Å². The van der Waals surface area contributed by atoms with Crippen LogP contribution in [0.25, 0.3) is 0 Å². The van der Waals surface area contributed by atoms with Gasteiger partial charge in [-0.1, -0.05) is 12.1 Å². The van der Waals surface area contributed by atoms with E-state index in [1.165, 1.54) is 12.8 Å². The number of primary amides is 1. The summed E-state index contributed by atoms with van der Waals surface area (Å²) < 4.78 is 0. The summed E-state index contributed by atoms with van der Waals surface area (Å²) in [7, 11) is 0. The first-order chi connectivity index (χ1) is 9.63. The Hall–Kier alpha value is -1.79. The van der Waals surface area contributed by atoms with E-state index >= 15 is 0 Å². The molecule has 0 saturated heterocycles. The summed E-state index contributed by atoms with van der Waals surface area (Å²) in [5, 5.41) is 8.46. The van der Waals surface area contributed by atoms with Crippen LogP contribution in [0, 0.1) is 5.92 Å². The van der Waals surface area contributed by atoms with E-state index in [4.69, 9.17) is 5.73 Å². The van der Waals surface area contributed by atoms with Crippen LogP contribution in [-0.4, -0.2) is 25.0 Å². The highest BCUT2D eigenvalue weighted by Gasteiger charge is 2.20. The molecule has 1 aromatic carbocycles. The molecule has 0 heterocycles. The van der Waals surface area contributed by atoms with Crippen molar-refractivity contribution >= 4 is 30.0 Å². The van der Waals surface area contributed by atoms with Crippen molar-refractivity contribution in [3.05, 3.63) is 29.8 Å². The third-order valence-electron chi connectivity index (χ3n) is 3.12. The fourth-order valence-electron chi connectivity index (χ4n) is 1.81. The Bertz CT molecular complexity index is 474. The SMILES string of the molecule is Cl.NC(=O)NCc1ccc(NC(=O)CNCC2CC2)cc1. The molecule has 0 atom stereocenters. The molecular weight excluding hydrogens is 292 g/mol. The van der Waals surface area contributed by atoms with Crippen molar-refractivity contribution in [2.24, 2.45) is 11.7 Å². The van der Waals surface area contributed by atoms with E-state index in [0.29, 0.717) is 13.1 Å². The van der Waals surface area contributed by atoms with Gasteiger partial charge < -0.3 is 21.7 Å². The van der Waals surface area contributed by atoms with Crippen LogP contribution in [-0.2, 0) is 11.3 Å². The van der Waals surface area contributed by atoms with Crippen LogP contribution in [0.2, 0.25) is 0 Å². The summed E-state index contributed by atoms with van der Waals surface area (Å²) in [4.78, 5) is 22.3. The number of halogens is 1. The Labute approximate surface area is 130 Å². The molecule has 2 rings (SSSR count). The molecule has 0 spiro atoms. The Morgan fingerprint density at radius 1 is 1.19 bits per heavy atom. The van der Waals surface area contributed by atoms with Crippen LogP contribution in [0.15, 0.2) is 24.3 Å². The Balaban J connectivity index is 0.00000220. The number of carbonyl (C=O) groups excluding carboxylic acids is 2. The molecule has 1 saturated carbocycles. The van der Waals surface area contributed by atoms with E-state index in [0.717, 1.165) is 23.7 Å². The van der Waals surface area contributed by atoms with E-state index in [1.807, 2.05) is 12.1 Å². The normalized spacial score (nSPS) is 13.1. The van der Waals surface area contributed by atoms with Crippen molar-refractivity contribution < 1.29 is 9.59 Å². The summed E-state index contributed by atoms with van der Waals surface area (Å²) in [5.74, 6) is 0.716. The van der Waals surface area contributed by atoms with Gasteiger partial charge in [0.1, 0.15) is 0 Å².